The number of nitrogens with zero attached hydrogens (tertiary/aromatic N) is 1. The lowest BCUT2D eigenvalue weighted by Gasteiger charge is -2.23. The van der Waals surface area contributed by atoms with Gasteiger partial charge in [-0.1, -0.05) is 19.3 Å². The van der Waals surface area contributed by atoms with Crippen molar-refractivity contribution in [3.63, 3.8) is 0 Å². The highest BCUT2D eigenvalue weighted by molar-refractivity contribution is 8.00. The Labute approximate surface area is 145 Å². The van der Waals surface area contributed by atoms with E-state index < -0.39 is 0 Å². The van der Waals surface area contributed by atoms with Gasteiger partial charge in [0, 0.05) is 22.5 Å². The fourth-order valence-electron chi connectivity index (χ4n) is 3.75. The molecule has 1 heterocycles. The van der Waals surface area contributed by atoms with Gasteiger partial charge in [-0.2, -0.15) is 0 Å². The first kappa shape index (κ1) is 17.3. The van der Waals surface area contributed by atoms with Crippen molar-refractivity contribution in [3.05, 3.63) is 32.1 Å². The lowest BCUT2D eigenvalue weighted by Crippen LogP contribution is -2.41. The fourth-order valence-corrected chi connectivity index (χ4v) is 4.82. The Balaban J connectivity index is 1.82. The summed E-state index contributed by atoms with van der Waals surface area (Å²) in [6, 6.07) is 0.0338. The van der Waals surface area contributed by atoms with Crippen LogP contribution in [0.5, 0.6) is 0 Å². The Morgan fingerprint density at radius 2 is 2.00 bits per heavy atom. The lowest BCUT2D eigenvalue weighted by molar-refractivity contribution is -0.139. The second kappa shape index (κ2) is 7.59. The number of carbonyl (C=O) groups excluding carboxylic acids is 1. The number of fused-ring (bicyclic) bond motifs is 1. The fraction of sp³-hybridized carbons (Fsp3) is 0.706. The van der Waals surface area contributed by atoms with Gasteiger partial charge < -0.3 is 9.72 Å². The molecule has 0 amide bonds. The van der Waals surface area contributed by atoms with Crippen LogP contribution in [0.1, 0.15) is 68.0 Å². The summed E-state index contributed by atoms with van der Waals surface area (Å²) in [6.07, 6.45) is 6.58. The van der Waals surface area contributed by atoms with E-state index in [4.69, 9.17) is 4.74 Å². The average molecular weight is 352 g/mol. The number of nitrogens with one attached hydrogen (secondary N) is 1. The largest absolute Gasteiger partial charge is 0.465 e. The van der Waals surface area contributed by atoms with Crippen molar-refractivity contribution in [2.75, 3.05) is 12.4 Å². The van der Waals surface area contributed by atoms with Crippen LogP contribution in [0.25, 0.3) is 0 Å². The van der Waals surface area contributed by atoms with E-state index in [0.717, 1.165) is 37.7 Å². The van der Waals surface area contributed by atoms with Gasteiger partial charge >= 0.3 is 11.7 Å². The number of hydrogen-bond donors (Lipinski definition) is 1. The number of H-pyrrole nitrogens is 1. The van der Waals surface area contributed by atoms with Gasteiger partial charge in [-0.05, 0) is 32.6 Å². The van der Waals surface area contributed by atoms with Crippen molar-refractivity contribution in [3.8, 4) is 0 Å². The number of ether oxygens (including phenoxy) is 1. The number of rotatable bonds is 5. The summed E-state index contributed by atoms with van der Waals surface area (Å²) < 4.78 is 6.38. The Morgan fingerprint density at radius 1 is 1.25 bits per heavy atom. The van der Waals surface area contributed by atoms with Crippen LogP contribution >= 0.6 is 11.8 Å². The number of thioether (sulfide) groups is 1. The molecule has 7 heteroatoms. The van der Waals surface area contributed by atoms with E-state index in [-0.39, 0.29) is 34.3 Å². The van der Waals surface area contributed by atoms with Gasteiger partial charge in [-0.15, -0.1) is 11.8 Å². The predicted octanol–water partition coefficient (Wildman–Crippen LogP) is 2.33. The van der Waals surface area contributed by atoms with E-state index in [1.54, 1.807) is 6.92 Å². The van der Waals surface area contributed by atoms with Crippen molar-refractivity contribution in [1.29, 1.82) is 0 Å². The molecule has 3 rings (SSSR count). The molecule has 1 fully saturated rings. The third kappa shape index (κ3) is 3.45. The average Bonchev–Trinajstić information content (AvgIpc) is 2.97. The standard InChI is InChI=1S/C17H24N2O4S/c1-2-23-14(20)10-24-13-9-8-12-15(13)18-17(22)19(16(12)21)11-6-4-3-5-7-11/h11,13H,2-10H2,1H3,(H,18,22). The molecular formula is C17H24N2O4S. The quantitative estimate of drug-likeness (QED) is 0.823. The van der Waals surface area contributed by atoms with Gasteiger partial charge in [-0.3, -0.25) is 14.2 Å². The molecule has 1 atom stereocenters. The highest BCUT2D eigenvalue weighted by atomic mass is 32.2. The zero-order valence-electron chi connectivity index (χ0n) is 14.0. The molecule has 132 valence electrons. The van der Waals surface area contributed by atoms with Crippen molar-refractivity contribution in [2.24, 2.45) is 0 Å². The molecule has 0 saturated heterocycles. The third-order valence-corrected chi connectivity index (χ3v) is 6.16. The Bertz CT molecular complexity index is 718. The number of aromatic amines is 1. The van der Waals surface area contributed by atoms with E-state index >= 15 is 0 Å². The summed E-state index contributed by atoms with van der Waals surface area (Å²) in [7, 11) is 0. The summed E-state index contributed by atoms with van der Waals surface area (Å²) >= 11 is 1.44. The number of carbonyl (C=O) groups is 1. The molecule has 0 bridgehead atoms. The van der Waals surface area contributed by atoms with Crippen LogP contribution in [0.3, 0.4) is 0 Å². The summed E-state index contributed by atoms with van der Waals surface area (Å²) in [5, 5.41) is -0.00851. The van der Waals surface area contributed by atoms with Crippen LogP contribution in [0, 0.1) is 0 Å². The molecule has 0 radical (unpaired) electrons. The topological polar surface area (TPSA) is 81.2 Å². The minimum Gasteiger partial charge on any atom is -0.465 e. The van der Waals surface area contributed by atoms with Gasteiger partial charge in [0.2, 0.25) is 0 Å². The molecule has 1 saturated carbocycles. The molecule has 24 heavy (non-hydrogen) atoms. The smallest absolute Gasteiger partial charge is 0.328 e. The first-order valence-corrected chi connectivity index (χ1v) is 9.81. The van der Waals surface area contributed by atoms with Crippen molar-refractivity contribution < 1.29 is 9.53 Å². The molecule has 0 aliphatic heterocycles. The molecule has 0 spiro atoms. The normalized spacial score (nSPS) is 20.8. The van der Waals surface area contributed by atoms with Crippen molar-refractivity contribution in [2.45, 2.75) is 63.2 Å². The number of esters is 1. The van der Waals surface area contributed by atoms with Crippen LogP contribution in [-0.4, -0.2) is 27.9 Å². The Hall–Kier alpha value is -1.50. The minimum atomic E-state index is -0.297. The van der Waals surface area contributed by atoms with Crippen LogP contribution in [0.4, 0.5) is 0 Å². The second-order valence-electron chi connectivity index (χ2n) is 6.43. The van der Waals surface area contributed by atoms with Crippen LogP contribution in [0.2, 0.25) is 0 Å². The van der Waals surface area contributed by atoms with Gasteiger partial charge in [0.25, 0.3) is 5.56 Å². The molecule has 2 aliphatic rings. The Morgan fingerprint density at radius 3 is 2.71 bits per heavy atom. The van der Waals surface area contributed by atoms with Crippen molar-refractivity contribution >= 4 is 17.7 Å². The molecule has 1 unspecified atom stereocenters. The summed E-state index contributed by atoms with van der Waals surface area (Å²) in [5.74, 6) is -0.0139. The molecule has 0 aromatic carbocycles. The molecule has 1 aromatic rings. The Kier molecular flexibility index (Phi) is 5.48. The maximum atomic E-state index is 12.8. The maximum absolute atomic E-state index is 12.8. The van der Waals surface area contributed by atoms with Gasteiger partial charge in [0.15, 0.2) is 0 Å². The second-order valence-corrected chi connectivity index (χ2v) is 7.62. The van der Waals surface area contributed by atoms with Gasteiger partial charge in [0.1, 0.15) is 0 Å². The zero-order chi connectivity index (χ0) is 17.1. The van der Waals surface area contributed by atoms with E-state index in [2.05, 4.69) is 4.98 Å². The third-order valence-electron chi connectivity index (χ3n) is 4.89. The van der Waals surface area contributed by atoms with Crippen LogP contribution in [-0.2, 0) is 16.0 Å². The van der Waals surface area contributed by atoms with E-state index in [0.29, 0.717) is 18.7 Å². The van der Waals surface area contributed by atoms with Gasteiger partial charge in [-0.25, -0.2) is 4.79 Å². The summed E-state index contributed by atoms with van der Waals surface area (Å²) in [4.78, 5) is 39.8. The van der Waals surface area contributed by atoms with E-state index in [1.165, 1.54) is 22.7 Å². The van der Waals surface area contributed by atoms with Crippen LogP contribution < -0.4 is 11.2 Å². The monoisotopic (exact) mass is 352 g/mol. The van der Waals surface area contributed by atoms with E-state index in [1.807, 2.05) is 0 Å². The molecule has 6 nitrogen and oxygen atoms in total. The highest BCUT2D eigenvalue weighted by Gasteiger charge is 2.30. The first-order valence-electron chi connectivity index (χ1n) is 8.76. The van der Waals surface area contributed by atoms with Crippen LogP contribution in [0.15, 0.2) is 9.59 Å². The summed E-state index contributed by atoms with van der Waals surface area (Å²) in [6.45, 7) is 2.14. The number of hydrogen-bond acceptors (Lipinski definition) is 5. The summed E-state index contributed by atoms with van der Waals surface area (Å²) in [5.41, 5.74) is 1.02. The molecular weight excluding hydrogens is 328 g/mol. The zero-order valence-corrected chi connectivity index (χ0v) is 14.8. The minimum absolute atomic E-state index is 0.00851. The van der Waals surface area contributed by atoms with Gasteiger partial charge in [0.05, 0.1) is 12.4 Å². The number of aromatic nitrogens is 2. The maximum Gasteiger partial charge on any atom is 0.328 e. The SMILES string of the molecule is CCOC(=O)CSC1CCc2c1[nH]c(=O)n(C1CCCCC1)c2=O. The molecule has 1 aromatic heterocycles. The highest BCUT2D eigenvalue weighted by Crippen LogP contribution is 2.38. The first-order chi connectivity index (χ1) is 11.6. The lowest BCUT2D eigenvalue weighted by atomic mass is 9.95. The predicted molar refractivity (Wildman–Crippen MR) is 93.6 cm³/mol. The van der Waals surface area contributed by atoms with Crippen molar-refractivity contribution in [1.82, 2.24) is 9.55 Å². The molecule has 2 aliphatic carbocycles. The molecule has 1 N–H and O–H groups in total. The van der Waals surface area contributed by atoms with E-state index in [9.17, 15) is 14.4 Å².